The first kappa shape index (κ1) is 22.9. The van der Waals surface area contributed by atoms with Crippen LogP contribution >= 0.6 is 0 Å². The predicted molar refractivity (Wildman–Crippen MR) is 132 cm³/mol. The molecule has 5 rings (SSSR count). The van der Waals surface area contributed by atoms with Gasteiger partial charge in [0.2, 0.25) is 0 Å². The number of fused-ring (bicyclic) bond motifs is 2. The van der Waals surface area contributed by atoms with Gasteiger partial charge in [-0.1, -0.05) is 39.8 Å². The van der Waals surface area contributed by atoms with E-state index in [2.05, 4.69) is 61.2 Å². The first-order valence-electron chi connectivity index (χ1n) is 12.5. The number of amides is 1. The molecule has 1 aromatic heterocycles. The van der Waals surface area contributed by atoms with Gasteiger partial charge in [-0.25, -0.2) is 4.98 Å². The maximum Gasteiger partial charge on any atom is 0.291 e. The van der Waals surface area contributed by atoms with Gasteiger partial charge in [-0.2, -0.15) is 5.26 Å². The fourth-order valence-electron chi connectivity index (χ4n) is 6.15. The number of benzene rings is 1. The van der Waals surface area contributed by atoms with Gasteiger partial charge < -0.3 is 15.0 Å². The largest absolute Gasteiger partial charge is 0.374 e. The van der Waals surface area contributed by atoms with Crippen LogP contribution in [-0.2, 0) is 4.74 Å². The molecule has 2 aliphatic heterocycles. The Hall–Kier alpha value is -2.91. The van der Waals surface area contributed by atoms with Crippen molar-refractivity contribution in [1.82, 2.24) is 9.97 Å². The Morgan fingerprint density at radius 1 is 1.24 bits per heavy atom. The molecule has 2 bridgehead atoms. The van der Waals surface area contributed by atoms with Crippen molar-refractivity contribution >= 4 is 17.2 Å². The summed E-state index contributed by atoms with van der Waals surface area (Å²) < 4.78 is 6.28. The minimum atomic E-state index is -0.335. The van der Waals surface area contributed by atoms with Gasteiger partial charge in [0.1, 0.15) is 11.8 Å². The third-order valence-electron chi connectivity index (χ3n) is 8.30. The monoisotopic (exact) mass is 458 g/mol. The summed E-state index contributed by atoms with van der Waals surface area (Å²) >= 11 is 0. The molecule has 6 heteroatoms. The highest BCUT2D eigenvalue weighted by atomic mass is 16.5. The van der Waals surface area contributed by atoms with Crippen LogP contribution in [0.3, 0.4) is 0 Å². The number of H-pyrrole nitrogens is 1. The number of aromatic nitrogens is 2. The van der Waals surface area contributed by atoms with E-state index in [1.165, 1.54) is 17.3 Å². The molecule has 0 radical (unpaired) electrons. The van der Waals surface area contributed by atoms with Gasteiger partial charge in [-0.05, 0) is 78.5 Å². The van der Waals surface area contributed by atoms with Crippen LogP contribution in [0.1, 0.15) is 93.2 Å². The highest BCUT2D eigenvalue weighted by Gasteiger charge is 2.46. The number of nitrogens with zero attached hydrogens (tertiary/aromatic N) is 2. The summed E-state index contributed by atoms with van der Waals surface area (Å²) in [5.74, 6) is 1.19. The van der Waals surface area contributed by atoms with Crippen LogP contribution in [0.5, 0.6) is 0 Å². The van der Waals surface area contributed by atoms with Crippen molar-refractivity contribution in [2.24, 2.45) is 17.3 Å². The van der Waals surface area contributed by atoms with E-state index < -0.39 is 0 Å². The summed E-state index contributed by atoms with van der Waals surface area (Å²) in [7, 11) is 0. The van der Waals surface area contributed by atoms with Crippen LogP contribution < -0.4 is 5.32 Å². The molecule has 2 aromatic rings. The topological polar surface area (TPSA) is 90.8 Å². The highest BCUT2D eigenvalue weighted by molar-refractivity contribution is 6.03. The molecular formula is C28H34N4O2. The Balaban J connectivity index is 1.50. The Kier molecular flexibility index (Phi) is 5.85. The van der Waals surface area contributed by atoms with Gasteiger partial charge in [-0.3, -0.25) is 4.79 Å². The smallest absolute Gasteiger partial charge is 0.291 e. The molecule has 6 nitrogen and oxygen atoms in total. The zero-order valence-electron chi connectivity index (χ0n) is 20.5. The number of hydrogen-bond acceptors (Lipinski definition) is 4. The number of allylic oxidation sites excluding steroid dienone is 2. The van der Waals surface area contributed by atoms with Crippen LogP contribution in [-0.4, -0.2) is 28.1 Å². The lowest BCUT2D eigenvalue weighted by atomic mass is 9.72. The van der Waals surface area contributed by atoms with Gasteiger partial charge in [0.15, 0.2) is 5.82 Å². The molecule has 3 heterocycles. The molecule has 1 aromatic carbocycles. The number of carbonyl (C=O) groups excluding carboxylic acids is 1. The van der Waals surface area contributed by atoms with Crippen LogP contribution in [0, 0.1) is 28.6 Å². The van der Waals surface area contributed by atoms with Crippen LogP contribution in [0.4, 0.5) is 5.69 Å². The van der Waals surface area contributed by atoms with E-state index >= 15 is 0 Å². The molecule has 0 spiro atoms. The molecule has 2 fully saturated rings. The predicted octanol–water partition coefficient (Wildman–Crippen LogP) is 6.04. The summed E-state index contributed by atoms with van der Waals surface area (Å²) in [6.07, 6.45) is 9.86. The van der Waals surface area contributed by atoms with Crippen molar-refractivity contribution in [2.75, 3.05) is 5.32 Å². The minimum absolute atomic E-state index is 0.147. The summed E-state index contributed by atoms with van der Waals surface area (Å²) in [6.45, 7) is 9.28. The Morgan fingerprint density at radius 2 is 1.97 bits per heavy atom. The van der Waals surface area contributed by atoms with E-state index in [0.717, 1.165) is 43.4 Å². The number of hydrogen-bond donors (Lipinski definition) is 2. The molecule has 0 saturated carbocycles. The number of ether oxygens (including phenoxy) is 1. The third-order valence-corrected chi connectivity index (χ3v) is 8.30. The maximum absolute atomic E-state index is 12.9. The van der Waals surface area contributed by atoms with Gasteiger partial charge in [0.25, 0.3) is 5.91 Å². The van der Waals surface area contributed by atoms with E-state index in [-0.39, 0.29) is 17.4 Å². The van der Waals surface area contributed by atoms with Crippen molar-refractivity contribution < 1.29 is 9.53 Å². The number of rotatable bonds is 4. The quantitative estimate of drug-likeness (QED) is 0.584. The average Bonchev–Trinajstić information content (AvgIpc) is 3.48. The maximum atomic E-state index is 12.9. The standard InChI is InChI=1S/C28H34N4O2/c1-16-23-7-8-24(34-23)17(2)25(16)19-5-6-22(32-27(33)26-30-15-20(14-29)31-26)21(13-19)18-9-11-28(3,4)12-10-18/h5-6,9,13,15-17,23-25H,7-8,10-12H2,1-4H3,(H,30,31)(H,32,33)/t16-,17?,23?,24?,25?/m0/s1. The number of carbonyl (C=O) groups is 1. The average molecular weight is 459 g/mol. The highest BCUT2D eigenvalue weighted by Crippen LogP contribution is 2.49. The Labute approximate surface area is 201 Å². The minimum Gasteiger partial charge on any atom is -0.374 e. The van der Waals surface area contributed by atoms with Crippen LogP contribution in [0.15, 0.2) is 30.5 Å². The zero-order valence-corrected chi connectivity index (χ0v) is 20.5. The molecule has 34 heavy (non-hydrogen) atoms. The fourth-order valence-corrected chi connectivity index (χ4v) is 6.15. The summed E-state index contributed by atoms with van der Waals surface area (Å²) in [5.41, 5.74) is 5.11. The van der Waals surface area contributed by atoms with E-state index in [1.54, 1.807) is 0 Å². The fraction of sp³-hybridized carbons (Fsp3) is 0.536. The third kappa shape index (κ3) is 4.18. The number of anilines is 1. The van der Waals surface area contributed by atoms with Crippen molar-refractivity contribution in [1.29, 1.82) is 5.26 Å². The zero-order chi connectivity index (χ0) is 24.0. The second kappa shape index (κ2) is 8.70. The molecular weight excluding hydrogens is 424 g/mol. The molecule has 3 aliphatic rings. The van der Waals surface area contributed by atoms with Gasteiger partial charge in [0, 0.05) is 11.3 Å². The number of nitrogens with one attached hydrogen (secondary N) is 2. The van der Waals surface area contributed by atoms with Gasteiger partial charge >= 0.3 is 0 Å². The molecule has 2 N–H and O–H groups in total. The van der Waals surface area contributed by atoms with Crippen molar-refractivity contribution in [3.8, 4) is 6.07 Å². The lowest BCUT2D eigenvalue weighted by molar-refractivity contribution is -0.0704. The molecule has 2 saturated heterocycles. The van der Waals surface area contributed by atoms with E-state index in [4.69, 9.17) is 10.00 Å². The summed E-state index contributed by atoms with van der Waals surface area (Å²) in [6, 6.07) is 8.52. The van der Waals surface area contributed by atoms with Crippen molar-refractivity contribution in [3.05, 3.63) is 53.1 Å². The van der Waals surface area contributed by atoms with Gasteiger partial charge in [-0.15, -0.1) is 0 Å². The summed E-state index contributed by atoms with van der Waals surface area (Å²) in [4.78, 5) is 19.7. The molecule has 4 unspecified atom stereocenters. The van der Waals surface area contributed by atoms with Crippen LogP contribution in [0.25, 0.3) is 5.57 Å². The van der Waals surface area contributed by atoms with E-state index in [9.17, 15) is 4.79 Å². The lowest BCUT2D eigenvalue weighted by Gasteiger charge is -2.40. The first-order chi connectivity index (χ1) is 16.3. The Bertz CT molecular complexity index is 1160. The number of nitriles is 1. The lowest BCUT2D eigenvalue weighted by Crippen LogP contribution is -2.38. The van der Waals surface area contributed by atoms with Gasteiger partial charge in [0.05, 0.1) is 18.4 Å². The SMILES string of the molecule is CC1C2CCC(O2)[C@H](C)C1c1ccc(NC(=O)c2ncc(C#N)[nH]2)c(C2=CCC(C)(C)CC2)c1. The number of imidazole rings is 1. The molecule has 1 aliphatic carbocycles. The second-order valence-corrected chi connectivity index (χ2v) is 11.1. The number of aromatic amines is 1. The molecule has 1 amide bonds. The van der Waals surface area contributed by atoms with E-state index in [0.29, 0.717) is 35.4 Å². The van der Waals surface area contributed by atoms with Crippen LogP contribution in [0.2, 0.25) is 0 Å². The first-order valence-corrected chi connectivity index (χ1v) is 12.5. The second-order valence-electron chi connectivity index (χ2n) is 11.1. The van der Waals surface area contributed by atoms with E-state index in [1.807, 2.05) is 12.1 Å². The summed E-state index contributed by atoms with van der Waals surface area (Å²) in [5, 5.41) is 12.1. The molecule has 5 atom stereocenters. The normalized spacial score (nSPS) is 29.9. The molecule has 178 valence electrons. The van der Waals surface area contributed by atoms with Crippen molar-refractivity contribution in [3.63, 3.8) is 0 Å². The Morgan fingerprint density at radius 3 is 2.59 bits per heavy atom. The van der Waals surface area contributed by atoms with Crippen molar-refractivity contribution in [2.45, 2.75) is 77.9 Å².